The number of amides is 3. The van der Waals surface area contributed by atoms with Crippen LogP contribution in [0, 0.1) is 11.2 Å². The Bertz CT molecular complexity index is 990. The Hall–Kier alpha value is -3.95. The molecule has 1 saturated heterocycles. The predicted octanol–water partition coefficient (Wildman–Crippen LogP) is 1.73. The average molecular weight is 429 g/mol. The summed E-state index contributed by atoms with van der Waals surface area (Å²) in [5, 5.41) is 9.99. The molecule has 3 rings (SSSR count). The van der Waals surface area contributed by atoms with Crippen LogP contribution in [-0.4, -0.2) is 42.9 Å². The number of primary amides is 1. The van der Waals surface area contributed by atoms with Gasteiger partial charge >= 0.3 is 6.09 Å². The van der Waals surface area contributed by atoms with Crippen molar-refractivity contribution in [1.82, 2.24) is 5.32 Å². The second-order valence-electron chi connectivity index (χ2n) is 6.82. The number of nitrogens with one attached hydrogen (secondary N) is 2. The van der Waals surface area contributed by atoms with Crippen molar-refractivity contribution in [1.29, 1.82) is 5.41 Å². The lowest BCUT2D eigenvalue weighted by atomic mass is 10.0. The van der Waals surface area contributed by atoms with Gasteiger partial charge in [-0.15, -0.1) is 0 Å². The van der Waals surface area contributed by atoms with Crippen LogP contribution in [0.25, 0.3) is 11.1 Å². The van der Waals surface area contributed by atoms with Crippen LogP contribution in [0.4, 0.5) is 14.9 Å². The molecule has 2 aromatic rings. The van der Waals surface area contributed by atoms with E-state index in [0.717, 1.165) is 0 Å². The van der Waals surface area contributed by atoms with Crippen LogP contribution in [0.15, 0.2) is 42.5 Å². The highest BCUT2D eigenvalue weighted by Gasteiger charge is 2.32. The Labute approximate surface area is 178 Å². The maximum absolute atomic E-state index is 14.6. The number of nitrogens with zero attached hydrogens (tertiary/aromatic N) is 1. The molecule has 1 aliphatic rings. The number of carbonyl (C=O) groups excluding carboxylic acids is 3. The number of benzene rings is 2. The number of carbonyl (C=O) groups is 3. The molecule has 10 heteroatoms. The van der Waals surface area contributed by atoms with Gasteiger partial charge in [0, 0.05) is 25.0 Å². The summed E-state index contributed by atoms with van der Waals surface area (Å²) >= 11 is 0. The lowest BCUT2D eigenvalue weighted by Crippen LogP contribution is -2.33. The molecule has 6 N–H and O–H groups in total. The van der Waals surface area contributed by atoms with E-state index in [4.69, 9.17) is 15.9 Å². The Morgan fingerprint density at radius 1 is 1.19 bits per heavy atom. The molecule has 164 valence electrons. The Morgan fingerprint density at radius 2 is 1.81 bits per heavy atom. The van der Waals surface area contributed by atoms with E-state index in [1.54, 1.807) is 36.4 Å². The average Bonchev–Trinajstić information content (AvgIpc) is 3.06. The fourth-order valence-electron chi connectivity index (χ4n) is 2.83. The van der Waals surface area contributed by atoms with Gasteiger partial charge in [-0.05, 0) is 23.8 Å². The van der Waals surface area contributed by atoms with Crippen LogP contribution in [0.5, 0.6) is 0 Å². The monoisotopic (exact) mass is 429 g/mol. The van der Waals surface area contributed by atoms with Gasteiger partial charge in [0.1, 0.15) is 17.8 Å². The van der Waals surface area contributed by atoms with E-state index in [1.807, 2.05) is 0 Å². The van der Waals surface area contributed by atoms with E-state index in [1.165, 1.54) is 24.8 Å². The Kier molecular flexibility index (Phi) is 7.67. The van der Waals surface area contributed by atoms with Crippen molar-refractivity contribution in [2.75, 3.05) is 18.0 Å². The molecule has 2 aromatic carbocycles. The molecule has 1 atom stereocenters. The van der Waals surface area contributed by atoms with Gasteiger partial charge in [-0.1, -0.05) is 24.3 Å². The first kappa shape index (κ1) is 23.3. The third-order valence-electron chi connectivity index (χ3n) is 4.22. The SMILES string of the molecule is CC(=O)NC[C@H]1CN(c2ccc(-c3ccc(C(=N)N)cc3)c(F)c2)C(=O)O1.CC(N)=O. The van der Waals surface area contributed by atoms with Gasteiger partial charge in [0.2, 0.25) is 11.8 Å². The molecule has 3 amide bonds. The first-order chi connectivity index (χ1) is 14.6. The van der Waals surface area contributed by atoms with Crippen molar-refractivity contribution in [3.05, 3.63) is 53.8 Å². The minimum Gasteiger partial charge on any atom is -0.442 e. The lowest BCUT2D eigenvalue weighted by Gasteiger charge is -2.14. The first-order valence-electron chi connectivity index (χ1n) is 9.31. The van der Waals surface area contributed by atoms with E-state index in [0.29, 0.717) is 22.4 Å². The van der Waals surface area contributed by atoms with Crippen LogP contribution >= 0.6 is 0 Å². The van der Waals surface area contributed by atoms with E-state index < -0.39 is 18.0 Å². The summed E-state index contributed by atoms with van der Waals surface area (Å²) in [4.78, 5) is 33.6. The fraction of sp³-hybridized carbons (Fsp3) is 0.238. The van der Waals surface area contributed by atoms with Crippen molar-refractivity contribution in [2.24, 2.45) is 11.5 Å². The number of ether oxygens (including phenoxy) is 1. The number of halogens is 1. The van der Waals surface area contributed by atoms with Crippen molar-refractivity contribution >= 4 is 29.4 Å². The zero-order valence-corrected chi connectivity index (χ0v) is 17.1. The number of anilines is 1. The van der Waals surface area contributed by atoms with Gasteiger partial charge in [-0.3, -0.25) is 19.9 Å². The van der Waals surface area contributed by atoms with Crippen LogP contribution in [0.3, 0.4) is 0 Å². The summed E-state index contributed by atoms with van der Waals surface area (Å²) in [6.07, 6.45) is -1.06. The van der Waals surface area contributed by atoms with Gasteiger partial charge in [-0.25, -0.2) is 9.18 Å². The topological polar surface area (TPSA) is 152 Å². The molecule has 0 bridgehead atoms. The summed E-state index contributed by atoms with van der Waals surface area (Å²) in [6.45, 7) is 3.12. The normalized spacial score (nSPS) is 14.9. The highest BCUT2D eigenvalue weighted by molar-refractivity contribution is 5.95. The van der Waals surface area contributed by atoms with Crippen LogP contribution in [0.2, 0.25) is 0 Å². The number of rotatable bonds is 5. The van der Waals surface area contributed by atoms with Crippen molar-refractivity contribution in [3.8, 4) is 11.1 Å². The summed E-state index contributed by atoms with van der Waals surface area (Å²) in [5.74, 6) is -1.09. The van der Waals surface area contributed by atoms with Gasteiger partial charge in [0.25, 0.3) is 0 Å². The minimum absolute atomic E-state index is 0.0567. The molecule has 0 unspecified atom stereocenters. The van der Waals surface area contributed by atoms with Crippen molar-refractivity contribution in [2.45, 2.75) is 20.0 Å². The van der Waals surface area contributed by atoms with Crippen molar-refractivity contribution in [3.63, 3.8) is 0 Å². The third-order valence-corrected chi connectivity index (χ3v) is 4.22. The molecule has 1 heterocycles. The molecule has 1 aliphatic heterocycles. The summed E-state index contributed by atoms with van der Waals surface area (Å²) in [7, 11) is 0. The quantitative estimate of drug-likeness (QED) is 0.421. The number of hydrogen-bond acceptors (Lipinski definition) is 5. The van der Waals surface area contributed by atoms with Crippen LogP contribution in [0.1, 0.15) is 19.4 Å². The summed E-state index contributed by atoms with van der Waals surface area (Å²) < 4.78 is 19.8. The smallest absolute Gasteiger partial charge is 0.414 e. The molecule has 9 nitrogen and oxygen atoms in total. The minimum atomic E-state index is -0.580. The van der Waals surface area contributed by atoms with Crippen LogP contribution in [-0.2, 0) is 14.3 Å². The summed E-state index contributed by atoms with van der Waals surface area (Å²) in [5.41, 5.74) is 11.8. The number of nitrogens with two attached hydrogens (primary N) is 2. The summed E-state index contributed by atoms with van der Waals surface area (Å²) in [6, 6.07) is 11.2. The third kappa shape index (κ3) is 6.53. The van der Waals surface area contributed by atoms with E-state index in [2.05, 4.69) is 11.1 Å². The highest BCUT2D eigenvalue weighted by Crippen LogP contribution is 2.29. The second-order valence-corrected chi connectivity index (χ2v) is 6.82. The molecule has 0 radical (unpaired) electrons. The largest absolute Gasteiger partial charge is 0.442 e. The number of cyclic esters (lactones) is 1. The predicted molar refractivity (Wildman–Crippen MR) is 114 cm³/mol. The molecule has 31 heavy (non-hydrogen) atoms. The van der Waals surface area contributed by atoms with Crippen LogP contribution < -0.4 is 21.7 Å². The zero-order chi connectivity index (χ0) is 23.1. The van der Waals surface area contributed by atoms with Gasteiger partial charge < -0.3 is 21.5 Å². The molecular weight excluding hydrogens is 405 g/mol. The molecule has 0 spiro atoms. The van der Waals surface area contributed by atoms with E-state index in [-0.39, 0.29) is 30.7 Å². The number of hydrogen-bond donors (Lipinski definition) is 4. The molecule has 0 saturated carbocycles. The Morgan fingerprint density at radius 3 is 2.32 bits per heavy atom. The first-order valence-corrected chi connectivity index (χ1v) is 9.31. The standard InChI is InChI=1S/C19H19FN4O3.C2H5NO/c1-11(25)23-9-15-10-24(19(26)27-15)14-6-7-16(17(20)8-14)12-2-4-13(5-3-12)18(21)22;1-2(3)4/h2-8,15H,9-10H2,1H3,(H3,21,22)(H,23,25);1H3,(H2,3,4)/t15-;/m0./s1. The molecule has 0 aliphatic carbocycles. The number of nitrogen functional groups attached to an aromatic ring is 1. The Balaban J connectivity index is 0.000000785. The van der Waals surface area contributed by atoms with Gasteiger partial charge in [0.05, 0.1) is 18.8 Å². The fourth-order valence-corrected chi connectivity index (χ4v) is 2.83. The number of amidine groups is 1. The lowest BCUT2D eigenvalue weighted by molar-refractivity contribution is -0.119. The maximum Gasteiger partial charge on any atom is 0.414 e. The molecule has 1 fully saturated rings. The van der Waals surface area contributed by atoms with Crippen molar-refractivity contribution < 1.29 is 23.5 Å². The van der Waals surface area contributed by atoms with Gasteiger partial charge in [0.15, 0.2) is 0 Å². The van der Waals surface area contributed by atoms with Gasteiger partial charge in [-0.2, -0.15) is 0 Å². The highest BCUT2D eigenvalue weighted by atomic mass is 19.1. The van der Waals surface area contributed by atoms with E-state index in [9.17, 15) is 18.8 Å². The second kappa shape index (κ2) is 10.2. The molecular formula is C21H24FN5O4. The maximum atomic E-state index is 14.6. The molecule has 0 aromatic heterocycles. The zero-order valence-electron chi connectivity index (χ0n) is 17.1. The van der Waals surface area contributed by atoms with E-state index >= 15 is 0 Å².